The van der Waals surface area contributed by atoms with Crippen LogP contribution in [0.4, 0.5) is 0 Å². The van der Waals surface area contributed by atoms with Crippen molar-refractivity contribution in [2.45, 2.75) is 18.8 Å². The number of hydrogen-bond donors (Lipinski definition) is 1. The van der Waals surface area contributed by atoms with Crippen molar-refractivity contribution in [3.63, 3.8) is 0 Å². The second-order valence-electron chi connectivity index (χ2n) is 6.19. The van der Waals surface area contributed by atoms with Crippen molar-refractivity contribution in [3.05, 3.63) is 58.5 Å². The molecule has 1 N–H and O–H groups in total. The number of nitrogens with zero attached hydrogens (tertiary/aromatic N) is 1. The molecule has 0 fully saturated rings. The number of thiophene rings is 1. The van der Waals surface area contributed by atoms with Gasteiger partial charge in [0.2, 0.25) is 0 Å². The van der Waals surface area contributed by atoms with Gasteiger partial charge in [-0.15, -0.1) is 11.3 Å². The third kappa shape index (κ3) is 4.21. The zero-order chi connectivity index (χ0) is 19.4. The first-order chi connectivity index (χ1) is 13.0. The normalized spacial score (nSPS) is 11.7. The smallest absolute Gasteiger partial charge is 0.303 e. The van der Waals surface area contributed by atoms with E-state index < -0.39 is 5.97 Å². The number of carbonyl (C=O) groups is 1. The summed E-state index contributed by atoms with van der Waals surface area (Å²) < 4.78 is 11.8. The van der Waals surface area contributed by atoms with Crippen LogP contribution in [0.1, 0.15) is 28.3 Å². The Morgan fingerprint density at radius 3 is 2.41 bits per heavy atom. The predicted molar refractivity (Wildman–Crippen MR) is 105 cm³/mol. The molecule has 0 spiro atoms. The van der Waals surface area contributed by atoms with Gasteiger partial charge in [-0.1, -0.05) is 12.1 Å². The van der Waals surface area contributed by atoms with Crippen molar-refractivity contribution >= 4 is 27.4 Å². The van der Waals surface area contributed by atoms with Gasteiger partial charge in [-0.2, -0.15) is 5.26 Å². The molecule has 1 aromatic heterocycles. The molecular weight excluding hydrogens is 362 g/mol. The van der Waals surface area contributed by atoms with Crippen molar-refractivity contribution in [3.8, 4) is 17.6 Å². The quantitative estimate of drug-likeness (QED) is 0.647. The molecule has 5 nitrogen and oxygen atoms in total. The van der Waals surface area contributed by atoms with Gasteiger partial charge in [0.25, 0.3) is 0 Å². The Hall–Kier alpha value is -3.04. The van der Waals surface area contributed by atoms with Crippen molar-refractivity contribution in [2.75, 3.05) is 14.2 Å². The summed E-state index contributed by atoms with van der Waals surface area (Å²) in [4.78, 5) is 12.4. The molecule has 0 radical (unpaired) electrons. The highest BCUT2D eigenvalue weighted by molar-refractivity contribution is 7.19. The van der Waals surface area contributed by atoms with Gasteiger partial charge in [-0.3, -0.25) is 4.79 Å². The maximum atomic E-state index is 11.4. The van der Waals surface area contributed by atoms with Gasteiger partial charge < -0.3 is 14.6 Å². The van der Waals surface area contributed by atoms with E-state index in [1.165, 1.54) is 0 Å². The molecule has 1 heterocycles. The van der Waals surface area contributed by atoms with E-state index in [1.54, 1.807) is 37.7 Å². The molecule has 0 saturated heterocycles. The standard InChI is InChI=1S/C21H19NO4S/c1-25-18-9-16-8-17(27-20(16)11-19(18)26-2)7-15(10-21(23)24)14-5-3-13(12-22)4-6-14/h3-6,8-9,11,15H,7,10H2,1-2H3,(H,23,24). The molecule has 2 aromatic carbocycles. The Kier molecular flexibility index (Phi) is 5.63. The van der Waals surface area contributed by atoms with Gasteiger partial charge >= 0.3 is 5.97 Å². The highest BCUT2D eigenvalue weighted by Crippen LogP contribution is 2.38. The minimum atomic E-state index is -0.839. The Labute approximate surface area is 161 Å². The number of aliphatic carboxylic acids is 1. The molecule has 27 heavy (non-hydrogen) atoms. The summed E-state index contributed by atoms with van der Waals surface area (Å²) in [5.74, 6) is 0.344. The number of fused-ring (bicyclic) bond motifs is 1. The topological polar surface area (TPSA) is 79.5 Å². The van der Waals surface area contributed by atoms with E-state index in [-0.39, 0.29) is 12.3 Å². The number of carboxylic acids is 1. The number of rotatable bonds is 7. The third-order valence-corrected chi connectivity index (χ3v) is 5.57. The van der Waals surface area contributed by atoms with Crippen LogP contribution in [0.2, 0.25) is 0 Å². The summed E-state index contributed by atoms with van der Waals surface area (Å²) in [6.45, 7) is 0. The minimum absolute atomic E-state index is 0.0345. The lowest BCUT2D eigenvalue weighted by Gasteiger charge is -2.14. The summed E-state index contributed by atoms with van der Waals surface area (Å²) in [5, 5.41) is 19.3. The number of hydrogen-bond acceptors (Lipinski definition) is 5. The van der Waals surface area contributed by atoms with E-state index in [2.05, 4.69) is 12.1 Å². The number of methoxy groups -OCH3 is 2. The maximum absolute atomic E-state index is 11.4. The van der Waals surface area contributed by atoms with Gasteiger partial charge in [0.15, 0.2) is 11.5 Å². The van der Waals surface area contributed by atoms with Crippen molar-refractivity contribution in [1.29, 1.82) is 5.26 Å². The monoisotopic (exact) mass is 381 g/mol. The summed E-state index contributed by atoms with van der Waals surface area (Å²) in [5.41, 5.74) is 1.48. The molecule has 0 aliphatic heterocycles. The second-order valence-corrected chi connectivity index (χ2v) is 7.36. The van der Waals surface area contributed by atoms with E-state index in [0.29, 0.717) is 23.5 Å². The lowest BCUT2D eigenvalue weighted by atomic mass is 9.91. The van der Waals surface area contributed by atoms with Crippen LogP contribution in [0.25, 0.3) is 10.1 Å². The first-order valence-corrected chi connectivity index (χ1v) is 9.22. The molecule has 0 saturated carbocycles. The van der Waals surface area contributed by atoms with E-state index >= 15 is 0 Å². The van der Waals surface area contributed by atoms with Crippen LogP contribution in [0.15, 0.2) is 42.5 Å². The second kappa shape index (κ2) is 8.11. The largest absolute Gasteiger partial charge is 0.493 e. The molecule has 0 aliphatic rings. The molecule has 0 amide bonds. The van der Waals surface area contributed by atoms with Crippen LogP contribution in [-0.2, 0) is 11.2 Å². The van der Waals surface area contributed by atoms with Crippen molar-refractivity contribution in [1.82, 2.24) is 0 Å². The van der Waals surface area contributed by atoms with Crippen LogP contribution < -0.4 is 9.47 Å². The fourth-order valence-corrected chi connectivity index (χ4v) is 4.27. The average Bonchev–Trinajstić information content (AvgIpc) is 3.07. The average molecular weight is 381 g/mol. The van der Waals surface area contributed by atoms with E-state index in [0.717, 1.165) is 20.5 Å². The Morgan fingerprint density at radius 2 is 1.81 bits per heavy atom. The van der Waals surface area contributed by atoms with E-state index in [4.69, 9.17) is 14.7 Å². The van der Waals surface area contributed by atoms with Crippen LogP contribution in [-0.4, -0.2) is 25.3 Å². The van der Waals surface area contributed by atoms with Gasteiger partial charge in [0, 0.05) is 15.6 Å². The van der Waals surface area contributed by atoms with Crippen LogP contribution in [0.3, 0.4) is 0 Å². The third-order valence-electron chi connectivity index (χ3n) is 4.45. The first-order valence-electron chi connectivity index (χ1n) is 8.40. The van der Waals surface area contributed by atoms with Crippen LogP contribution in [0.5, 0.6) is 11.5 Å². The van der Waals surface area contributed by atoms with Crippen molar-refractivity contribution in [2.24, 2.45) is 0 Å². The number of benzene rings is 2. The SMILES string of the molecule is COc1cc2cc(CC(CC(=O)O)c3ccc(C#N)cc3)sc2cc1OC. The number of ether oxygens (including phenoxy) is 2. The molecule has 3 rings (SSSR count). The molecule has 1 unspecified atom stereocenters. The molecule has 0 bridgehead atoms. The lowest BCUT2D eigenvalue weighted by Crippen LogP contribution is -2.08. The fourth-order valence-electron chi connectivity index (χ4n) is 3.11. The predicted octanol–water partition coefficient (Wildman–Crippen LogP) is 4.59. The molecule has 6 heteroatoms. The summed E-state index contributed by atoms with van der Waals surface area (Å²) in [7, 11) is 3.21. The molecular formula is C21H19NO4S. The van der Waals surface area contributed by atoms with Gasteiger partial charge in [-0.25, -0.2) is 0 Å². The number of carboxylic acid groups (broad SMARTS) is 1. The lowest BCUT2D eigenvalue weighted by molar-refractivity contribution is -0.137. The highest BCUT2D eigenvalue weighted by Gasteiger charge is 2.18. The summed E-state index contributed by atoms with van der Waals surface area (Å²) >= 11 is 1.62. The highest BCUT2D eigenvalue weighted by atomic mass is 32.1. The van der Waals surface area contributed by atoms with Gasteiger partial charge in [0.1, 0.15) is 0 Å². The maximum Gasteiger partial charge on any atom is 0.303 e. The van der Waals surface area contributed by atoms with Crippen molar-refractivity contribution < 1.29 is 19.4 Å². The molecule has 0 aliphatic carbocycles. The fraction of sp³-hybridized carbons (Fsp3) is 0.238. The van der Waals surface area contributed by atoms with E-state index in [9.17, 15) is 9.90 Å². The Balaban J connectivity index is 1.92. The Bertz CT molecular complexity index is 960. The molecule has 138 valence electrons. The zero-order valence-corrected chi connectivity index (χ0v) is 15.9. The molecule has 3 aromatic rings. The first kappa shape index (κ1) is 18.7. The zero-order valence-electron chi connectivity index (χ0n) is 15.1. The van der Waals surface area contributed by atoms with Crippen LogP contribution in [0, 0.1) is 11.3 Å². The number of nitriles is 1. The van der Waals surface area contributed by atoms with Gasteiger partial charge in [-0.05, 0) is 47.6 Å². The van der Waals surface area contributed by atoms with Crippen LogP contribution >= 0.6 is 11.3 Å². The Morgan fingerprint density at radius 1 is 1.15 bits per heavy atom. The van der Waals surface area contributed by atoms with Gasteiger partial charge in [0.05, 0.1) is 32.3 Å². The summed E-state index contributed by atoms with van der Waals surface area (Å²) in [6.07, 6.45) is 0.648. The summed E-state index contributed by atoms with van der Waals surface area (Å²) in [6, 6.07) is 15.2. The minimum Gasteiger partial charge on any atom is -0.493 e. The van der Waals surface area contributed by atoms with E-state index in [1.807, 2.05) is 24.3 Å². The molecule has 1 atom stereocenters.